The molecule has 0 fully saturated rings. The van der Waals surface area contributed by atoms with Gasteiger partial charge in [-0.15, -0.1) is 0 Å². The second kappa shape index (κ2) is 5.83. The first-order valence-electron chi connectivity index (χ1n) is 5.38. The van der Waals surface area contributed by atoms with E-state index in [0.29, 0.717) is 11.3 Å². The zero-order valence-electron chi connectivity index (χ0n) is 10.4. The zero-order valence-corrected chi connectivity index (χ0v) is 11.2. The Bertz CT molecular complexity index is 540. The highest BCUT2D eigenvalue weighted by molar-refractivity contribution is 7.88. The topological polar surface area (TPSA) is 101 Å². The van der Waals surface area contributed by atoms with Crippen molar-refractivity contribution in [1.29, 1.82) is 0 Å². The van der Waals surface area contributed by atoms with Crippen molar-refractivity contribution in [1.82, 2.24) is 10.0 Å². The number of carbonyl (C=O) groups is 1. The van der Waals surface area contributed by atoms with Crippen LogP contribution in [0.3, 0.4) is 0 Å². The fourth-order valence-electron chi connectivity index (χ4n) is 1.30. The van der Waals surface area contributed by atoms with Crippen molar-refractivity contribution in [3.05, 3.63) is 29.3 Å². The predicted molar refractivity (Wildman–Crippen MR) is 70.8 cm³/mol. The number of rotatable bonds is 5. The van der Waals surface area contributed by atoms with E-state index in [1.807, 2.05) is 6.92 Å². The highest BCUT2D eigenvalue weighted by Crippen LogP contribution is 2.12. The van der Waals surface area contributed by atoms with Crippen LogP contribution in [0.1, 0.15) is 15.9 Å². The van der Waals surface area contributed by atoms with Crippen LogP contribution in [0.25, 0.3) is 0 Å². The van der Waals surface area contributed by atoms with Crippen LogP contribution in [0.15, 0.2) is 18.2 Å². The standard InChI is InChI=1S/C11H17N3O3S/c1-8-3-4-9(7-10(8)12)11(15)13-5-6-14-18(2,16)17/h3-4,7,14H,5-6,12H2,1-2H3,(H,13,15). The lowest BCUT2D eigenvalue weighted by Crippen LogP contribution is -2.34. The fourth-order valence-corrected chi connectivity index (χ4v) is 1.77. The van der Waals surface area contributed by atoms with Crippen molar-refractivity contribution < 1.29 is 13.2 Å². The fraction of sp³-hybridized carbons (Fsp3) is 0.364. The summed E-state index contributed by atoms with van der Waals surface area (Å²) in [5.41, 5.74) is 7.62. The third-order valence-corrected chi connectivity index (χ3v) is 3.04. The van der Waals surface area contributed by atoms with Gasteiger partial charge in [-0.05, 0) is 24.6 Å². The summed E-state index contributed by atoms with van der Waals surface area (Å²) in [6.07, 6.45) is 1.06. The summed E-state index contributed by atoms with van der Waals surface area (Å²) < 4.78 is 23.9. The Morgan fingerprint density at radius 3 is 2.56 bits per heavy atom. The monoisotopic (exact) mass is 271 g/mol. The predicted octanol–water partition coefficient (Wildman–Crippen LogP) is -0.144. The minimum absolute atomic E-state index is 0.159. The van der Waals surface area contributed by atoms with E-state index < -0.39 is 10.0 Å². The van der Waals surface area contributed by atoms with E-state index in [1.165, 1.54) is 0 Å². The molecule has 0 unspecified atom stereocenters. The zero-order chi connectivity index (χ0) is 13.8. The quantitative estimate of drug-likeness (QED) is 0.512. The molecule has 0 aliphatic rings. The Hall–Kier alpha value is -1.60. The van der Waals surface area contributed by atoms with E-state index in [1.54, 1.807) is 18.2 Å². The third-order valence-electron chi connectivity index (χ3n) is 2.32. The summed E-state index contributed by atoms with van der Waals surface area (Å²) in [7, 11) is -3.22. The van der Waals surface area contributed by atoms with Crippen molar-refractivity contribution in [3.8, 4) is 0 Å². The van der Waals surface area contributed by atoms with Crippen molar-refractivity contribution in [2.75, 3.05) is 25.1 Å². The van der Waals surface area contributed by atoms with Gasteiger partial charge >= 0.3 is 0 Å². The van der Waals surface area contributed by atoms with Gasteiger partial charge in [-0.1, -0.05) is 6.07 Å². The summed E-state index contributed by atoms with van der Waals surface area (Å²) >= 11 is 0. The maximum Gasteiger partial charge on any atom is 0.251 e. The van der Waals surface area contributed by atoms with Gasteiger partial charge in [0.1, 0.15) is 0 Å². The SMILES string of the molecule is Cc1ccc(C(=O)NCCNS(C)(=O)=O)cc1N. The smallest absolute Gasteiger partial charge is 0.251 e. The second-order valence-corrected chi connectivity index (χ2v) is 5.83. The van der Waals surface area contributed by atoms with Gasteiger partial charge in [-0.3, -0.25) is 4.79 Å². The molecule has 0 spiro atoms. The van der Waals surface area contributed by atoms with Crippen molar-refractivity contribution >= 4 is 21.6 Å². The maximum atomic E-state index is 11.7. The lowest BCUT2D eigenvalue weighted by atomic mass is 10.1. The summed E-state index contributed by atoms with van der Waals surface area (Å²) in [6, 6.07) is 5.03. The summed E-state index contributed by atoms with van der Waals surface area (Å²) in [6.45, 7) is 2.23. The van der Waals surface area contributed by atoms with Crippen LogP contribution in [0, 0.1) is 6.92 Å². The highest BCUT2D eigenvalue weighted by Gasteiger charge is 2.06. The number of hydrogen-bond acceptors (Lipinski definition) is 4. The first kappa shape index (κ1) is 14.5. The van der Waals surface area contributed by atoms with Crippen molar-refractivity contribution in [2.45, 2.75) is 6.92 Å². The average molecular weight is 271 g/mol. The molecule has 1 amide bonds. The Morgan fingerprint density at radius 1 is 1.33 bits per heavy atom. The molecule has 0 radical (unpaired) electrons. The van der Waals surface area contributed by atoms with Crippen molar-refractivity contribution in [2.24, 2.45) is 0 Å². The lowest BCUT2D eigenvalue weighted by Gasteiger charge is -2.07. The Kier molecular flexibility index (Phi) is 4.69. The number of nitrogens with one attached hydrogen (secondary N) is 2. The van der Waals surface area contributed by atoms with Crippen LogP contribution in [-0.4, -0.2) is 33.7 Å². The van der Waals surface area contributed by atoms with Gasteiger partial charge in [0.25, 0.3) is 5.91 Å². The molecule has 0 bridgehead atoms. The molecule has 100 valence electrons. The van der Waals surface area contributed by atoms with E-state index in [-0.39, 0.29) is 19.0 Å². The highest BCUT2D eigenvalue weighted by atomic mass is 32.2. The van der Waals surface area contributed by atoms with Crippen LogP contribution in [0.2, 0.25) is 0 Å². The number of hydrogen-bond donors (Lipinski definition) is 3. The molecule has 1 rings (SSSR count). The molecule has 0 heterocycles. The van der Waals surface area contributed by atoms with Gasteiger partial charge in [-0.25, -0.2) is 13.1 Å². The van der Waals surface area contributed by atoms with Crippen LogP contribution < -0.4 is 15.8 Å². The molecule has 1 aromatic rings. The molecule has 0 saturated carbocycles. The maximum absolute atomic E-state index is 11.7. The minimum Gasteiger partial charge on any atom is -0.398 e. The molecule has 0 saturated heterocycles. The van der Waals surface area contributed by atoms with Crippen molar-refractivity contribution in [3.63, 3.8) is 0 Å². The third kappa shape index (κ3) is 4.72. The molecule has 0 atom stereocenters. The van der Waals surface area contributed by atoms with Gasteiger partial charge in [0.2, 0.25) is 10.0 Å². The molecule has 7 heteroatoms. The van der Waals surface area contributed by atoms with Gasteiger partial charge in [0.15, 0.2) is 0 Å². The summed E-state index contributed by atoms with van der Waals surface area (Å²) in [4.78, 5) is 11.7. The Morgan fingerprint density at radius 2 is 2.00 bits per heavy atom. The molecule has 0 aromatic heterocycles. The number of nitrogen functional groups attached to an aromatic ring is 1. The number of nitrogens with two attached hydrogens (primary N) is 1. The first-order chi connectivity index (χ1) is 8.29. The Balaban J connectivity index is 2.48. The molecular weight excluding hydrogens is 254 g/mol. The number of amides is 1. The average Bonchev–Trinajstić information content (AvgIpc) is 2.26. The number of benzene rings is 1. The molecule has 0 aliphatic heterocycles. The molecule has 6 nitrogen and oxygen atoms in total. The molecule has 0 aliphatic carbocycles. The van der Waals surface area contributed by atoms with Crippen LogP contribution in [0.5, 0.6) is 0 Å². The van der Waals surface area contributed by atoms with Gasteiger partial charge in [-0.2, -0.15) is 0 Å². The largest absolute Gasteiger partial charge is 0.398 e. The van der Waals surface area contributed by atoms with Crippen LogP contribution in [0.4, 0.5) is 5.69 Å². The number of carbonyl (C=O) groups excluding carboxylic acids is 1. The lowest BCUT2D eigenvalue weighted by molar-refractivity contribution is 0.0954. The van der Waals surface area contributed by atoms with E-state index >= 15 is 0 Å². The van der Waals surface area contributed by atoms with E-state index in [2.05, 4.69) is 10.0 Å². The van der Waals surface area contributed by atoms with Gasteiger partial charge < -0.3 is 11.1 Å². The summed E-state index contributed by atoms with van der Waals surface area (Å²) in [5, 5.41) is 2.60. The number of sulfonamides is 1. The van der Waals surface area contributed by atoms with E-state index in [4.69, 9.17) is 5.73 Å². The normalized spacial score (nSPS) is 11.2. The Labute approximate surface area is 107 Å². The second-order valence-electron chi connectivity index (χ2n) is 3.99. The number of anilines is 1. The molecule has 4 N–H and O–H groups in total. The minimum atomic E-state index is -3.22. The van der Waals surface area contributed by atoms with Crippen LogP contribution >= 0.6 is 0 Å². The van der Waals surface area contributed by atoms with Gasteiger partial charge in [0, 0.05) is 24.3 Å². The number of aryl methyl sites for hydroxylation is 1. The first-order valence-corrected chi connectivity index (χ1v) is 7.28. The van der Waals surface area contributed by atoms with Crippen LogP contribution in [-0.2, 0) is 10.0 Å². The molecule has 1 aromatic carbocycles. The summed E-state index contributed by atoms with van der Waals surface area (Å²) in [5.74, 6) is -0.281. The van der Waals surface area contributed by atoms with Gasteiger partial charge in [0.05, 0.1) is 6.26 Å². The van der Waals surface area contributed by atoms with E-state index in [9.17, 15) is 13.2 Å². The molecule has 18 heavy (non-hydrogen) atoms. The molecular formula is C11H17N3O3S. The van der Waals surface area contributed by atoms with E-state index in [0.717, 1.165) is 11.8 Å².